The fourth-order valence-electron chi connectivity index (χ4n) is 10.7. The van der Waals surface area contributed by atoms with Crippen LogP contribution >= 0.6 is 11.3 Å². The number of hydrogen-bond acceptors (Lipinski definition) is 5. The summed E-state index contributed by atoms with van der Waals surface area (Å²) in [6.07, 6.45) is 7.58. The maximum Gasteiger partial charge on any atom is 0.0963 e. The molecule has 9 heterocycles. The maximum atomic E-state index is 4.98. The predicted molar refractivity (Wildman–Crippen MR) is 268 cm³/mol. The van der Waals surface area contributed by atoms with Gasteiger partial charge in [0.2, 0.25) is 0 Å². The third kappa shape index (κ3) is 4.68. The van der Waals surface area contributed by atoms with Gasteiger partial charge < -0.3 is 18.3 Å². The molecule has 8 nitrogen and oxygen atoms in total. The normalized spacial score (nSPS) is 12.3. The largest absolute Gasteiger partial charge is 0.308 e. The molecule has 15 aromatic rings. The highest BCUT2D eigenvalue weighted by Gasteiger charge is 2.25. The summed E-state index contributed by atoms with van der Waals surface area (Å²) in [5, 5.41) is 6.77. The van der Waals surface area contributed by atoms with Gasteiger partial charge in [-0.3, -0.25) is 19.9 Å². The van der Waals surface area contributed by atoms with Crippen molar-refractivity contribution < 1.29 is 0 Å². The lowest BCUT2D eigenvalue weighted by molar-refractivity contribution is 1.14. The molecule has 0 saturated heterocycles. The summed E-state index contributed by atoms with van der Waals surface area (Å²) in [5.41, 5.74) is 16.8. The third-order valence-corrected chi connectivity index (χ3v) is 14.6. The van der Waals surface area contributed by atoms with Gasteiger partial charge in [0.25, 0.3) is 0 Å². The quantitative estimate of drug-likeness (QED) is 0.177. The molecule has 0 spiro atoms. The molecular weight excluding hydrogens is 817 g/mol. The number of para-hydroxylation sites is 4. The molecule has 9 aromatic heterocycles. The van der Waals surface area contributed by atoms with Crippen LogP contribution in [0.25, 0.3) is 131 Å². The van der Waals surface area contributed by atoms with Crippen LogP contribution in [0.15, 0.2) is 195 Å². The Hall–Kier alpha value is -8.66. The van der Waals surface area contributed by atoms with E-state index in [-0.39, 0.29) is 0 Å². The van der Waals surface area contributed by atoms with Crippen LogP contribution in [-0.4, -0.2) is 38.2 Å². The van der Waals surface area contributed by atoms with E-state index in [2.05, 4.69) is 164 Å². The average molecular weight is 849 g/mol. The summed E-state index contributed by atoms with van der Waals surface area (Å²) in [6.45, 7) is 0. The molecule has 0 radical (unpaired) electrons. The van der Waals surface area contributed by atoms with Crippen molar-refractivity contribution in [1.29, 1.82) is 0 Å². The Bertz CT molecular complexity index is 4010. The van der Waals surface area contributed by atoms with Gasteiger partial charge in [0.1, 0.15) is 0 Å². The summed E-state index contributed by atoms with van der Waals surface area (Å²) < 4.78 is 12.0. The van der Waals surface area contributed by atoms with Crippen molar-refractivity contribution in [3.63, 3.8) is 0 Å². The third-order valence-electron chi connectivity index (χ3n) is 13.3. The molecule has 0 fully saturated rings. The minimum Gasteiger partial charge on any atom is -0.308 e. The Kier molecular flexibility index (Phi) is 6.95. The molecule has 15 rings (SSSR count). The van der Waals surface area contributed by atoms with E-state index in [4.69, 9.17) is 19.9 Å². The van der Waals surface area contributed by atoms with Crippen LogP contribution in [-0.2, 0) is 0 Å². The van der Waals surface area contributed by atoms with Crippen molar-refractivity contribution in [2.24, 2.45) is 0 Å². The number of thiophene rings is 1. The van der Waals surface area contributed by atoms with Gasteiger partial charge >= 0.3 is 0 Å². The van der Waals surface area contributed by atoms with Crippen LogP contribution in [0.2, 0.25) is 0 Å². The van der Waals surface area contributed by atoms with Crippen molar-refractivity contribution in [2.45, 2.75) is 0 Å². The number of nitrogens with zero attached hydrogens (tertiary/aromatic N) is 8. The molecule has 0 N–H and O–H groups in total. The summed E-state index contributed by atoms with van der Waals surface area (Å²) in [7, 11) is 0. The van der Waals surface area contributed by atoms with E-state index in [1.807, 2.05) is 60.4 Å². The lowest BCUT2D eigenvalue weighted by atomic mass is 10.1. The molecular formula is C56H32N8S. The van der Waals surface area contributed by atoms with E-state index in [1.165, 1.54) is 9.40 Å². The summed E-state index contributed by atoms with van der Waals surface area (Å²) in [5.74, 6) is 0. The van der Waals surface area contributed by atoms with Crippen molar-refractivity contribution >= 4 is 119 Å². The molecule has 0 atom stereocenters. The molecule has 0 aliphatic carbocycles. The molecule has 6 aromatic carbocycles. The standard InChI is InChI=1S/C56H32N8S/c1-5-17-41-35(13-1)51-45(21-9-25-57-51)61(41)33-29-39-40-30-34(62-42-18-6-2-14-36(42)52-46(62)22-10-26-58-52)32-50(64-44-20-8-4-16-38(44)54-48(64)24-12-28-60-54)56(40)65-55(39)49(31-33)63-43-19-7-3-15-37(43)53-47(63)23-11-27-59-53/h1-32H. The van der Waals surface area contributed by atoms with Crippen molar-refractivity contribution in [1.82, 2.24) is 38.2 Å². The fraction of sp³-hybridized carbons (Fsp3) is 0. The van der Waals surface area contributed by atoms with Crippen LogP contribution in [0.5, 0.6) is 0 Å². The van der Waals surface area contributed by atoms with E-state index in [9.17, 15) is 0 Å². The van der Waals surface area contributed by atoms with Crippen LogP contribution in [0.1, 0.15) is 0 Å². The van der Waals surface area contributed by atoms with Gasteiger partial charge in [-0.2, -0.15) is 0 Å². The van der Waals surface area contributed by atoms with E-state index in [0.717, 1.165) is 121 Å². The molecule has 0 unspecified atom stereocenters. The molecule has 0 amide bonds. The minimum absolute atomic E-state index is 0.976. The van der Waals surface area contributed by atoms with E-state index < -0.39 is 0 Å². The molecule has 302 valence electrons. The van der Waals surface area contributed by atoms with Crippen molar-refractivity contribution in [3.05, 3.63) is 195 Å². The first-order chi connectivity index (χ1) is 32.3. The highest BCUT2D eigenvalue weighted by atomic mass is 32.1. The van der Waals surface area contributed by atoms with Gasteiger partial charge in [-0.1, -0.05) is 72.8 Å². The SMILES string of the molecule is c1ccc2c(c1)c1ncccc1n2-c1cc(-n2c3ccccc3c3ncccc32)c2sc3c(-n4c5ccccc5c5ncccc54)cc(-n4c5ccccc5c5ncccc54)cc3c2c1. The van der Waals surface area contributed by atoms with Crippen LogP contribution in [0.3, 0.4) is 0 Å². The minimum atomic E-state index is 0.976. The maximum absolute atomic E-state index is 4.98. The summed E-state index contributed by atoms with van der Waals surface area (Å²) >= 11 is 1.85. The molecule has 9 heteroatoms. The molecule has 0 aliphatic heterocycles. The second-order valence-corrected chi connectivity index (χ2v) is 17.7. The second kappa shape index (κ2) is 12.9. The second-order valence-electron chi connectivity index (χ2n) is 16.7. The lowest BCUT2D eigenvalue weighted by Crippen LogP contribution is -2.00. The predicted octanol–water partition coefficient (Wildman–Crippen LogP) is 14.0. The zero-order valence-corrected chi connectivity index (χ0v) is 35.3. The number of hydrogen-bond donors (Lipinski definition) is 0. The Morgan fingerprint density at radius 2 is 0.569 bits per heavy atom. The van der Waals surface area contributed by atoms with E-state index in [0.29, 0.717) is 0 Å². The Labute approximate surface area is 373 Å². The number of fused-ring (bicyclic) bond motifs is 15. The first-order valence-electron chi connectivity index (χ1n) is 21.7. The highest BCUT2D eigenvalue weighted by Crippen LogP contribution is 2.47. The van der Waals surface area contributed by atoms with Crippen LogP contribution in [0.4, 0.5) is 0 Å². The fourth-order valence-corrected chi connectivity index (χ4v) is 12.0. The Morgan fingerprint density at radius 1 is 0.277 bits per heavy atom. The Balaban J connectivity index is 1.17. The van der Waals surface area contributed by atoms with E-state index in [1.54, 1.807) is 0 Å². The Morgan fingerprint density at radius 3 is 0.923 bits per heavy atom. The van der Waals surface area contributed by atoms with Crippen LogP contribution < -0.4 is 0 Å². The number of rotatable bonds is 4. The molecule has 0 saturated carbocycles. The van der Waals surface area contributed by atoms with Crippen molar-refractivity contribution in [3.8, 4) is 22.7 Å². The molecule has 0 bridgehead atoms. The topological polar surface area (TPSA) is 71.3 Å². The molecule has 65 heavy (non-hydrogen) atoms. The summed E-state index contributed by atoms with van der Waals surface area (Å²) in [6, 6.07) is 61.0. The zero-order chi connectivity index (χ0) is 42.3. The van der Waals surface area contributed by atoms with Gasteiger partial charge in [-0.05, 0) is 97.1 Å². The van der Waals surface area contributed by atoms with Gasteiger partial charge in [0.05, 0.1) is 87.0 Å². The smallest absolute Gasteiger partial charge is 0.0963 e. The van der Waals surface area contributed by atoms with Gasteiger partial charge in [0, 0.05) is 68.5 Å². The summed E-state index contributed by atoms with van der Waals surface area (Å²) in [4.78, 5) is 19.8. The number of benzene rings is 6. The van der Waals surface area contributed by atoms with Gasteiger partial charge in [-0.15, -0.1) is 11.3 Å². The van der Waals surface area contributed by atoms with Crippen LogP contribution in [0, 0.1) is 0 Å². The average Bonchev–Trinajstić information content (AvgIpc) is 4.17. The van der Waals surface area contributed by atoms with Gasteiger partial charge in [-0.25, -0.2) is 0 Å². The van der Waals surface area contributed by atoms with Gasteiger partial charge in [0.15, 0.2) is 0 Å². The van der Waals surface area contributed by atoms with E-state index >= 15 is 0 Å². The molecule has 0 aliphatic rings. The number of pyridine rings is 4. The first kappa shape index (κ1) is 34.9. The first-order valence-corrected chi connectivity index (χ1v) is 22.5. The monoisotopic (exact) mass is 848 g/mol. The number of aromatic nitrogens is 8. The zero-order valence-electron chi connectivity index (χ0n) is 34.5. The van der Waals surface area contributed by atoms with Crippen molar-refractivity contribution in [2.75, 3.05) is 0 Å². The highest BCUT2D eigenvalue weighted by molar-refractivity contribution is 7.26. The lowest BCUT2D eigenvalue weighted by Gasteiger charge is -2.15.